The summed E-state index contributed by atoms with van der Waals surface area (Å²) in [5.74, 6) is -1.47. The number of hydrogen-bond acceptors (Lipinski definition) is 6. The van der Waals surface area contributed by atoms with Gasteiger partial charge in [-0.05, 0) is 56.4 Å². The van der Waals surface area contributed by atoms with Crippen LogP contribution in [0.15, 0.2) is 47.4 Å². The Kier molecular flexibility index (Phi) is 6.75. The quantitative estimate of drug-likeness (QED) is 0.689. The second kappa shape index (κ2) is 8.84. The molecule has 2 aromatic carbocycles. The first-order valence-electron chi connectivity index (χ1n) is 7.93. The van der Waals surface area contributed by atoms with E-state index in [1.165, 1.54) is 38.2 Å². The van der Waals surface area contributed by atoms with Crippen LogP contribution < -0.4 is 10.0 Å². The van der Waals surface area contributed by atoms with E-state index in [1.807, 2.05) is 6.07 Å². The number of amides is 1. The fourth-order valence-electron chi connectivity index (χ4n) is 2.10. The molecular formula is C18H16ClN3O5S. The monoisotopic (exact) mass is 421 g/mol. The Bertz CT molecular complexity index is 1050. The Balaban J connectivity index is 2.10. The largest absolute Gasteiger partial charge is 0.449 e. The van der Waals surface area contributed by atoms with E-state index in [4.69, 9.17) is 21.6 Å². The number of anilines is 1. The predicted octanol–water partition coefficient (Wildman–Crippen LogP) is 2.30. The van der Waals surface area contributed by atoms with Gasteiger partial charge in [0.05, 0.1) is 22.2 Å². The fourth-order valence-corrected chi connectivity index (χ4v) is 3.35. The van der Waals surface area contributed by atoms with Gasteiger partial charge in [-0.15, -0.1) is 0 Å². The highest BCUT2D eigenvalue weighted by Gasteiger charge is 2.22. The maximum atomic E-state index is 12.3. The third-order valence-electron chi connectivity index (χ3n) is 3.66. The molecule has 2 aromatic rings. The molecule has 28 heavy (non-hydrogen) atoms. The Morgan fingerprint density at radius 2 is 1.82 bits per heavy atom. The van der Waals surface area contributed by atoms with Gasteiger partial charge in [0.1, 0.15) is 4.90 Å². The van der Waals surface area contributed by atoms with Crippen molar-refractivity contribution in [2.24, 2.45) is 0 Å². The van der Waals surface area contributed by atoms with E-state index in [1.54, 1.807) is 12.1 Å². The highest BCUT2D eigenvalue weighted by Crippen LogP contribution is 2.23. The van der Waals surface area contributed by atoms with Crippen molar-refractivity contribution in [2.45, 2.75) is 17.9 Å². The van der Waals surface area contributed by atoms with Crippen LogP contribution in [0.4, 0.5) is 5.69 Å². The number of nitrogens with one attached hydrogen (secondary N) is 2. The minimum Gasteiger partial charge on any atom is -0.449 e. The van der Waals surface area contributed by atoms with Crippen LogP contribution in [0.1, 0.15) is 22.8 Å². The lowest BCUT2D eigenvalue weighted by molar-refractivity contribution is -0.123. The minimum absolute atomic E-state index is 0.0579. The summed E-state index contributed by atoms with van der Waals surface area (Å²) in [4.78, 5) is 24.2. The Morgan fingerprint density at radius 1 is 1.18 bits per heavy atom. The molecule has 2 rings (SSSR count). The highest BCUT2D eigenvalue weighted by atomic mass is 35.5. The summed E-state index contributed by atoms with van der Waals surface area (Å²) in [6.07, 6.45) is -1.15. The van der Waals surface area contributed by atoms with Crippen LogP contribution in [0.25, 0.3) is 0 Å². The SMILES string of the molecule is CNS(=O)(=O)c1cc(C(=O)O[C@@H](C)C(=O)Nc2ccc(C#N)cc2)ccc1Cl. The number of halogens is 1. The molecule has 8 nitrogen and oxygen atoms in total. The van der Waals surface area contributed by atoms with Crippen LogP contribution in [-0.2, 0) is 19.6 Å². The number of carbonyl (C=O) groups excluding carboxylic acids is 2. The van der Waals surface area contributed by atoms with E-state index in [0.29, 0.717) is 11.3 Å². The average molecular weight is 422 g/mol. The van der Waals surface area contributed by atoms with E-state index in [-0.39, 0.29) is 15.5 Å². The Morgan fingerprint density at radius 3 is 2.39 bits per heavy atom. The number of carbonyl (C=O) groups is 2. The minimum atomic E-state index is -3.87. The molecule has 0 spiro atoms. The predicted molar refractivity (Wildman–Crippen MR) is 102 cm³/mol. The van der Waals surface area contributed by atoms with Gasteiger partial charge >= 0.3 is 5.97 Å². The van der Waals surface area contributed by atoms with Gasteiger partial charge < -0.3 is 10.1 Å². The molecule has 0 aliphatic carbocycles. The topological polar surface area (TPSA) is 125 Å². The zero-order valence-electron chi connectivity index (χ0n) is 14.9. The van der Waals surface area contributed by atoms with Crippen molar-refractivity contribution in [1.29, 1.82) is 5.26 Å². The summed E-state index contributed by atoms with van der Waals surface area (Å²) in [5, 5.41) is 11.3. The summed E-state index contributed by atoms with van der Waals surface area (Å²) in [6, 6.07) is 11.7. The molecule has 0 fully saturated rings. The van der Waals surface area contributed by atoms with Crippen molar-refractivity contribution in [3.8, 4) is 6.07 Å². The van der Waals surface area contributed by atoms with Gasteiger partial charge in [-0.3, -0.25) is 4.79 Å². The number of rotatable bonds is 6. The molecule has 1 amide bonds. The first-order valence-corrected chi connectivity index (χ1v) is 9.79. The van der Waals surface area contributed by atoms with Crippen LogP contribution in [-0.4, -0.2) is 33.4 Å². The van der Waals surface area contributed by atoms with Crippen LogP contribution in [0.2, 0.25) is 5.02 Å². The van der Waals surface area contributed by atoms with Crippen LogP contribution in [0, 0.1) is 11.3 Å². The summed E-state index contributed by atoms with van der Waals surface area (Å²) in [5.41, 5.74) is 0.796. The summed E-state index contributed by atoms with van der Waals surface area (Å²) in [6.45, 7) is 1.37. The van der Waals surface area contributed by atoms with E-state index in [2.05, 4.69) is 10.0 Å². The molecule has 0 aromatic heterocycles. The number of sulfonamides is 1. The number of ether oxygens (including phenoxy) is 1. The maximum absolute atomic E-state index is 12.3. The van der Waals surface area contributed by atoms with Crippen LogP contribution in [0.3, 0.4) is 0 Å². The summed E-state index contributed by atoms with van der Waals surface area (Å²) >= 11 is 5.88. The lowest BCUT2D eigenvalue weighted by Gasteiger charge is -2.14. The molecule has 10 heteroatoms. The van der Waals surface area contributed by atoms with Gasteiger partial charge in [-0.2, -0.15) is 5.26 Å². The van der Waals surface area contributed by atoms with Crippen molar-refractivity contribution in [1.82, 2.24) is 4.72 Å². The van der Waals surface area contributed by atoms with E-state index in [9.17, 15) is 18.0 Å². The Labute approximate surface area is 167 Å². The lowest BCUT2D eigenvalue weighted by atomic mass is 10.2. The molecule has 0 saturated heterocycles. The van der Waals surface area contributed by atoms with Gasteiger partial charge in [0.2, 0.25) is 10.0 Å². The first kappa shape index (κ1) is 21.4. The van der Waals surface area contributed by atoms with Gasteiger partial charge in [0, 0.05) is 5.69 Å². The summed E-state index contributed by atoms with van der Waals surface area (Å²) < 4.78 is 31.1. The van der Waals surface area contributed by atoms with Crippen molar-refractivity contribution in [3.63, 3.8) is 0 Å². The zero-order valence-corrected chi connectivity index (χ0v) is 16.5. The zero-order chi connectivity index (χ0) is 20.9. The second-order valence-electron chi connectivity index (χ2n) is 5.58. The van der Waals surface area contributed by atoms with Gasteiger partial charge in [0.25, 0.3) is 5.91 Å². The first-order chi connectivity index (χ1) is 13.2. The van der Waals surface area contributed by atoms with Crippen LogP contribution >= 0.6 is 11.6 Å². The molecule has 0 aliphatic rings. The molecule has 2 N–H and O–H groups in total. The van der Waals surface area contributed by atoms with Crippen molar-refractivity contribution < 1.29 is 22.7 Å². The van der Waals surface area contributed by atoms with E-state index in [0.717, 1.165) is 6.07 Å². The van der Waals surface area contributed by atoms with Gasteiger partial charge in [-0.1, -0.05) is 11.6 Å². The van der Waals surface area contributed by atoms with Gasteiger partial charge in [0.15, 0.2) is 6.10 Å². The molecule has 0 unspecified atom stereocenters. The fraction of sp³-hybridized carbons (Fsp3) is 0.167. The summed E-state index contributed by atoms with van der Waals surface area (Å²) in [7, 11) is -2.65. The van der Waals surface area contributed by atoms with Crippen molar-refractivity contribution >= 4 is 39.2 Å². The van der Waals surface area contributed by atoms with E-state index < -0.39 is 28.0 Å². The normalized spacial score (nSPS) is 11.9. The molecule has 0 radical (unpaired) electrons. The number of benzene rings is 2. The maximum Gasteiger partial charge on any atom is 0.338 e. The average Bonchev–Trinajstić information content (AvgIpc) is 2.68. The highest BCUT2D eigenvalue weighted by molar-refractivity contribution is 7.89. The molecule has 1 atom stereocenters. The molecule has 0 aliphatic heterocycles. The molecule has 0 bridgehead atoms. The molecule has 0 heterocycles. The standard InChI is InChI=1S/C18H16ClN3O5S/c1-11(17(23)22-14-6-3-12(10-20)4-7-14)27-18(24)13-5-8-15(19)16(9-13)28(25,26)21-2/h3-9,11,21H,1-2H3,(H,22,23)/t11-/m0/s1. The molecule has 146 valence electrons. The molecule has 0 saturated carbocycles. The third-order valence-corrected chi connectivity index (χ3v) is 5.56. The van der Waals surface area contributed by atoms with Gasteiger partial charge in [-0.25, -0.2) is 17.9 Å². The number of hydrogen-bond donors (Lipinski definition) is 2. The number of nitriles is 1. The molecular weight excluding hydrogens is 406 g/mol. The van der Waals surface area contributed by atoms with E-state index >= 15 is 0 Å². The lowest BCUT2D eigenvalue weighted by Crippen LogP contribution is -2.30. The van der Waals surface area contributed by atoms with Crippen molar-refractivity contribution in [2.75, 3.05) is 12.4 Å². The van der Waals surface area contributed by atoms with Crippen LogP contribution in [0.5, 0.6) is 0 Å². The van der Waals surface area contributed by atoms with Crippen molar-refractivity contribution in [3.05, 3.63) is 58.6 Å². The Hall–Kier alpha value is -2.93. The number of nitrogens with zero attached hydrogens (tertiary/aromatic N) is 1. The third kappa shape index (κ3) is 5.07. The second-order valence-corrected chi connectivity index (χ2v) is 7.84. The smallest absolute Gasteiger partial charge is 0.338 e. The number of esters is 1.